The lowest BCUT2D eigenvalue weighted by Gasteiger charge is -2.10. The van der Waals surface area contributed by atoms with E-state index in [1.165, 1.54) is 0 Å². The monoisotopic (exact) mass is 431 g/mol. The van der Waals surface area contributed by atoms with Gasteiger partial charge in [-0.05, 0) is 69.1 Å². The first-order chi connectivity index (χ1) is 15.5. The number of benzene rings is 2. The number of rotatable bonds is 8. The molecule has 0 fully saturated rings. The van der Waals surface area contributed by atoms with Gasteiger partial charge in [0.15, 0.2) is 0 Å². The molecule has 0 aliphatic rings. The Morgan fingerprint density at radius 3 is 2.50 bits per heavy atom. The number of aryl methyl sites for hydroxylation is 1. The number of aromatic nitrogens is 4. The van der Waals surface area contributed by atoms with Crippen LogP contribution in [0.5, 0.6) is 5.75 Å². The predicted molar refractivity (Wildman–Crippen MR) is 124 cm³/mol. The quantitative estimate of drug-likeness (QED) is 0.458. The van der Waals surface area contributed by atoms with Crippen LogP contribution in [-0.4, -0.2) is 51.8 Å². The van der Waals surface area contributed by atoms with Gasteiger partial charge < -0.3 is 19.1 Å². The summed E-state index contributed by atoms with van der Waals surface area (Å²) in [6.45, 7) is 3.39. The van der Waals surface area contributed by atoms with Crippen molar-refractivity contribution in [1.29, 1.82) is 0 Å². The molecule has 0 saturated heterocycles. The molecule has 0 spiro atoms. The minimum Gasteiger partial charge on any atom is -0.492 e. The van der Waals surface area contributed by atoms with E-state index in [-0.39, 0.29) is 5.69 Å². The van der Waals surface area contributed by atoms with Gasteiger partial charge in [-0.2, -0.15) is 4.98 Å². The van der Waals surface area contributed by atoms with Crippen LogP contribution in [0.15, 0.2) is 64.0 Å². The fourth-order valence-corrected chi connectivity index (χ4v) is 3.14. The number of H-pyrrole nitrogens is 1. The minimum atomic E-state index is -0.171. The van der Waals surface area contributed by atoms with Crippen molar-refractivity contribution in [1.82, 2.24) is 24.6 Å². The molecule has 8 nitrogen and oxygen atoms in total. The standard InChI is InChI=1S/C24H25N5O3/c1-17-16-25-24(30)29(17)20-9-7-19(8-10-20)23-26-22(32-27-23)13-6-18-4-11-21(12-5-18)31-15-14-28(2)3/h4-13,16H,14-15H2,1-3H3,(H,25,30)/b13-6+. The highest BCUT2D eigenvalue weighted by molar-refractivity contribution is 5.67. The van der Waals surface area contributed by atoms with Gasteiger partial charge in [-0.1, -0.05) is 17.3 Å². The van der Waals surface area contributed by atoms with Gasteiger partial charge in [0.1, 0.15) is 12.4 Å². The Morgan fingerprint density at radius 1 is 1.09 bits per heavy atom. The number of likely N-dealkylation sites (N-methyl/N-ethyl adjacent to an activating group) is 1. The van der Waals surface area contributed by atoms with E-state index in [4.69, 9.17) is 9.26 Å². The van der Waals surface area contributed by atoms with E-state index in [0.717, 1.165) is 34.8 Å². The van der Waals surface area contributed by atoms with Crippen molar-refractivity contribution in [3.63, 3.8) is 0 Å². The van der Waals surface area contributed by atoms with E-state index in [1.807, 2.05) is 75.6 Å². The van der Waals surface area contributed by atoms with E-state index in [9.17, 15) is 4.79 Å². The minimum absolute atomic E-state index is 0.171. The van der Waals surface area contributed by atoms with Gasteiger partial charge in [0.05, 0.1) is 5.69 Å². The highest BCUT2D eigenvalue weighted by Gasteiger charge is 2.09. The summed E-state index contributed by atoms with van der Waals surface area (Å²) in [7, 11) is 4.03. The second kappa shape index (κ2) is 9.49. The Kier molecular flexibility index (Phi) is 6.32. The Morgan fingerprint density at radius 2 is 1.84 bits per heavy atom. The van der Waals surface area contributed by atoms with Crippen LogP contribution >= 0.6 is 0 Å². The van der Waals surface area contributed by atoms with E-state index < -0.39 is 0 Å². The molecule has 8 heteroatoms. The molecule has 0 aliphatic carbocycles. The lowest BCUT2D eigenvalue weighted by atomic mass is 10.2. The molecule has 32 heavy (non-hydrogen) atoms. The van der Waals surface area contributed by atoms with Gasteiger partial charge in [-0.25, -0.2) is 4.79 Å². The van der Waals surface area contributed by atoms with E-state index in [1.54, 1.807) is 16.8 Å². The summed E-state index contributed by atoms with van der Waals surface area (Å²) in [5, 5.41) is 4.05. The number of aromatic amines is 1. The first kappa shape index (κ1) is 21.3. The van der Waals surface area contributed by atoms with Crippen LogP contribution in [0.1, 0.15) is 17.1 Å². The molecular formula is C24H25N5O3. The van der Waals surface area contributed by atoms with Crippen molar-refractivity contribution in [2.45, 2.75) is 6.92 Å². The number of hydrogen-bond donors (Lipinski definition) is 1. The smallest absolute Gasteiger partial charge is 0.330 e. The van der Waals surface area contributed by atoms with Crippen LogP contribution in [0.25, 0.3) is 29.2 Å². The van der Waals surface area contributed by atoms with Crippen LogP contribution < -0.4 is 10.4 Å². The Bertz CT molecular complexity index is 1250. The third kappa shape index (κ3) is 5.04. The molecular weight excluding hydrogens is 406 g/mol. The molecule has 4 aromatic rings. The fraction of sp³-hybridized carbons (Fsp3) is 0.208. The maximum absolute atomic E-state index is 11.9. The lowest BCUT2D eigenvalue weighted by molar-refractivity contribution is 0.261. The topological polar surface area (TPSA) is 89.2 Å². The zero-order chi connectivity index (χ0) is 22.5. The third-order valence-electron chi connectivity index (χ3n) is 4.89. The van der Waals surface area contributed by atoms with Crippen LogP contribution in [-0.2, 0) is 0 Å². The van der Waals surface area contributed by atoms with Crippen LogP contribution in [0, 0.1) is 6.92 Å². The Balaban J connectivity index is 1.40. The van der Waals surface area contributed by atoms with Gasteiger partial charge in [0.25, 0.3) is 5.89 Å². The van der Waals surface area contributed by atoms with Crippen molar-refractivity contribution in [2.24, 2.45) is 0 Å². The van der Waals surface area contributed by atoms with E-state index in [0.29, 0.717) is 18.3 Å². The maximum Gasteiger partial charge on any atom is 0.330 e. The van der Waals surface area contributed by atoms with Gasteiger partial charge in [0.2, 0.25) is 5.82 Å². The zero-order valence-electron chi connectivity index (χ0n) is 18.3. The summed E-state index contributed by atoms with van der Waals surface area (Å²) in [6.07, 6.45) is 5.36. The largest absolute Gasteiger partial charge is 0.492 e. The maximum atomic E-state index is 11.9. The summed E-state index contributed by atoms with van der Waals surface area (Å²) < 4.78 is 12.7. The predicted octanol–water partition coefficient (Wildman–Crippen LogP) is 3.63. The first-order valence-corrected chi connectivity index (χ1v) is 10.3. The van der Waals surface area contributed by atoms with Crippen LogP contribution in [0.3, 0.4) is 0 Å². The summed E-state index contributed by atoms with van der Waals surface area (Å²) in [4.78, 5) is 21.1. The van der Waals surface area contributed by atoms with E-state index >= 15 is 0 Å². The molecule has 0 saturated carbocycles. The van der Waals surface area contributed by atoms with E-state index in [2.05, 4.69) is 20.0 Å². The summed E-state index contributed by atoms with van der Waals surface area (Å²) in [5.74, 6) is 1.73. The summed E-state index contributed by atoms with van der Waals surface area (Å²) in [5.41, 5.74) is 3.24. The molecule has 1 N–H and O–H groups in total. The first-order valence-electron chi connectivity index (χ1n) is 10.3. The average molecular weight is 431 g/mol. The Hall–Kier alpha value is -3.91. The number of ether oxygens (including phenoxy) is 1. The zero-order valence-corrected chi connectivity index (χ0v) is 18.3. The highest BCUT2D eigenvalue weighted by Crippen LogP contribution is 2.20. The molecule has 2 heterocycles. The molecule has 0 unspecified atom stereocenters. The molecule has 0 amide bonds. The number of hydrogen-bond acceptors (Lipinski definition) is 6. The average Bonchev–Trinajstić information content (AvgIpc) is 3.39. The number of nitrogens with zero attached hydrogens (tertiary/aromatic N) is 4. The van der Waals surface area contributed by atoms with Crippen molar-refractivity contribution in [2.75, 3.05) is 27.2 Å². The molecule has 0 aliphatic heterocycles. The third-order valence-corrected chi connectivity index (χ3v) is 4.89. The van der Waals surface area contributed by atoms with Gasteiger partial charge in [-0.3, -0.25) is 4.57 Å². The van der Waals surface area contributed by atoms with Crippen molar-refractivity contribution in [3.05, 3.63) is 82.4 Å². The normalized spacial score (nSPS) is 11.5. The SMILES string of the molecule is Cc1c[nH]c(=O)n1-c1ccc(-c2noc(/C=C/c3ccc(OCCN(C)C)cc3)n2)cc1. The molecule has 164 valence electrons. The fourth-order valence-electron chi connectivity index (χ4n) is 3.14. The number of imidazole rings is 1. The summed E-state index contributed by atoms with van der Waals surface area (Å²) in [6, 6.07) is 15.3. The second-order valence-electron chi connectivity index (χ2n) is 7.63. The van der Waals surface area contributed by atoms with Gasteiger partial charge in [0, 0.05) is 30.1 Å². The van der Waals surface area contributed by atoms with Gasteiger partial charge >= 0.3 is 5.69 Å². The molecule has 0 atom stereocenters. The highest BCUT2D eigenvalue weighted by atomic mass is 16.5. The molecule has 0 radical (unpaired) electrons. The van der Waals surface area contributed by atoms with Crippen molar-refractivity contribution in [3.8, 4) is 22.8 Å². The van der Waals surface area contributed by atoms with Gasteiger partial charge in [-0.15, -0.1) is 0 Å². The lowest BCUT2D eigenvalue weighted by Crippen LogP contribution is -2.19. The molecule has 2 aromatic heterocycles. The molecule has 4 rings (SSSR count). The number of nitrogens with one attached hydrogen (secondary N) is 1. The Labute approximate surface area is 185 Å². The van der Waals surface area contributed by atoms with Crippen LogP contribution in [0.2, 0.25) is 0 Å². The van der Waals surface area contributed by atoms with Crippen molar-refractivity contribution < 1.29 is 9.26 Å². The van der Waals surface area contributed by atoms with Crippen molar-refractivity contribution >= 4 is 12.2 Å². The summed E-state index contributed by atoms with van der Waals surface area (Å²) >= 11 is 0. The molecule has 2 aromatic carbocycles. The second-order valence-corrected chi connectivity index (χ2v) is 7.63. The van der Waals surface area contributed by atoms with Crippen LogP contribution in [0.4, 0.5) is 0 Å². The molecule has 0 bridgehead atoms.